The van der Waals surface area contributed by atoms with E-state index < -0.39 is 15.6 Å². The van der Waals surface area contributed by atoms with Gasteiger partial charge in [-0.3, -0.25) is 0 Å². The van der Waals surface area contributed by atoms with Crippen molar-refractivity contribution in [3.8, 4) is 0 Å². The number of alkyl halides is 1. The van der Waals surface area contributed by atoms with Gasteiger partial charge in [-0.1, -0.05) is 13.5 Å². The van der Waals surface area contributed by atoms with E-state index >= 15 is 0 Å². The minimum atomic E-state index is -5.39. The molecule has 0 rings (SSSR count). The predicted octanol–water partition coefficient (Wildman–Crippen LogP) is -3.73. The summed E-state index contributed by atoms with van der Waals surface area (Å²) in [5, 5.41) is 0. The Bertz CT molecular complexity index is 225. The van der Waals surface area contributed by atoms with Crippen LogP contribution in [0.2, 0.25) is 0 Å². The highest BCUT2D eigenvalue weighted by Gasteiger charge is 1.81. The highest BCUT2D eigenvalue weighted by molar-refractivity contribution is 7.40. The van der Waals surface area contributed by atoms with Crippen molar-refractivity contribution >= 4 is 15.6 Å². The molecule has 0 heterocycles. The zero-order valence-corrected chi connectivity index (χ0v) is 9.95. The molecular weight excluding hydrogens is 269 g/mol. The normalized spacial score (nSPS) is 10.5. The van der Waals surface area contributed by atoms with Gasteiger partial charge in [0.15, 0.2) is 0 Å². The van der Waals surface area contributed by atoms with Crippen LogP contribution in [-0.4, -0.2) is 6.67 Å². The summed E-state index contributed by atoms with van der Waals surface area (Å²) in [6.07, 6.45) is 0.760. The summed E-state index contributed by atoms with van der Waals surface area (Å²) in [4.78, 5) is 51.3. The predicted molar refractivity (Wildman–Crippen MR) is 40.6 cm³/mol. The standard InChI is InChI=1S/C5H9F.2H3O4P/c1-3-5(2)4-6;2*1-5(2,3)4/h2-4H2,1H3;2*(H3,1,2,3,4)/p-6. The lowest BCUT2D eigenvalue weighted by molar-refractivity contribution is -0.434. The number of phosphoric acid groups is 2. The molecule has 0 aliphatic carbocycles. The highest BCUT2D eigenvalue weighted by Crippen LogP contribution is 2.03. The average Bonchev–Trinajstić information content (AvgIpc) is 1.96. The first-order valence-electron chi connectivity index (χ1n) is 3.50. The highest BCUT2D eigenvalue weighted by atomic mass is 31.2. The molecule has 0 aliphatic rings. The van der Waals surface area contributed by atoms with E-state index in [1.54, 1.807) is 0 Å². The molecule has 0 aromatic carbocycles. The van der Waals surface area contributed by atoms with Gasteiger partial charge in [-0.15, -0.1) is 0 Å². The van der Waals surface area contributed by atoms with Crippen LogP contribution >= 0.6 is 15.6 Å². The van der Waals surface area contributed by atoms with Crippen LogP contribution in [-0.2, 0) is 9.13 Å². The number of hydrogen-bond donors (Lipinski definition) is 0. The van der Waals surface area contributed by atoms with Gasteiger partial charge >= 0.3 is 0 Å². The zero-order valence-electron chi connectivity index (χ0n) is 8.16. The van der Waals surface area contributed by atoms with Gasteiger partial charge in [0.2, 0.25) is 0 Å². The van der Waals surface area contributed by atoms with Crippen LogP contribution in [0.4, 0.5) is 4.39 Å². The fourth-order valence-electron chi connectivity index (χ4n) is 0.0945. The largest absolute Gasteiger partial charge is 0.822 e. The van der Waals surface area contributed by atoms with Crippen LogP contribution in [0.25, 0.3) is 0 Å². The van der Waals surface area contributed by atoms with Gasteiger partial charge in [0.05, 0.1) is 0 Å². The van der Waals surface area contributed by atoms with Crippen molar-refractivity contribution in [2.75, 3.05) is 6.67 Å². The topological polar surface area (TPSA) is 172 Å². The number of rotatable bonds is 2. The lowest BCUT2D eigenvalue weighted by atomic mass is 10.3. The van der Waals surface area contributed by atoms with E-state index in [1.165, 1.54) is 0 Å². The van der Waals surface area contributed by atoms with Crippen LogP contribution in [0.5, 0.6) is 0 Å². The van der Waals surface area contributed by atoms with E-state index in [2.05, 4.69) is 6.58 Å². The molecule has 0 unspecified atom stereocenters. The minimum absolute atomic E-state index is 0.365. The van der Waals surface area contributed by atoms with Crippen molar-refractivity contribution < 1.29 is 42.9 Å². The van der Waals surface area contributed by atoms with Gasteiger partial charge < -0.3 is 38.5 Å². The second kappa shape index (κ2) is 10.1. The molecule has 0 saturated heterocycles. The van der Waals surface area contributed by atoms with Gasteiger partial charge in [-0.2, -0.15) is 15.6 Å². The maximum absolute atomic E-state index is 11.3. The summed E-state index contributed by atoms with van der Waals surface area (Å²) in [7, 11) is -10.8. The van der Waals surface area contributed by atoms with Gasteiger partial charge in [0, 0.05) is 0 Å². The maximum Gasteiger partial charge on any atom is 0.110 e. The van der Waals surface area contributed by atoms with Gasteiger partial charge in [0.25, 0.3) is 0 Å². The van der Waals surface area contributed by atoms with Crippen molar-refractivity contribution in [1.29, 1.82) is 0 Å². The second-order valence-electron chi connectivity index (χ2n) is 2.13. The van der Waals surface area contributed by atoms with E-state index in [1.807, 2.05) is 6.92 Å². The van der Waals surface area contributed by atoms with Gasteiger partial charge in [-0.25, -0.2) is 4.39 Å². The Morgan fingerprint density at radius 2 is 1.25 bits per heavy atom. The number of halogens is 1. The van der Waals surface area contributed by atoms with E-state index in [4.69, 9.17) is 38.5 Å². The molecule has 100 valence electrons. The Labute approximate surface area is 91.6 Å². The van der Waals surface area contributed by atoms with Crippen molar-refractivity contribution in [2.24, 2.45) is 0 Å². The van der Waals surface area contributed by atoms with Crippen LogP contribution in [0.3, 0.4) is 0 Å². The van der Waals surface area contributed by atoms with Crippen molar-refractivity contribution in [3.63, 3.8) is 0 Å². The molecular formula is C5H9FO8P2-6. The molecule has 8 nitrogen and oxygen atoms in total. The van der Waals surface area contributed by atoms with E-state index in [0.717, 1.165) is 6.42 Å². The third-order valence-electron chi connectivity index (χ3n) is 0.689. The second-order valence-corrected chi connectivity index (χ2v) is 3.92. The molecule has 0 N–H and O–H groups in total. The smallest absolute Gasteiger partial charge is 0.110 e. The lowest BCUT2D eigenvalue weighted by Crippen LogP contribution is -2.24. The third-order valence-corrected chi connectivity index (χ3v) is 0.689. The monoisotopic (exact) mass is 278 g/mol. The SMILES string of the molecule is C=C(CC)CF.O=P([O-])([O-])[O-].O=P([O-])([O-])[O-]. The molecule has 0 amide bonds. The third kappa shape index (κ3) is 153. The molecule has 0 aromatic heterocycles. The quantitative estimate of drug-likeness (QED) is 0.366. The number of hydrogen-bond acceptors (Lipinski definition) is 8. The Morgan fingerprint density at radius 1 is 1.06 bits per heavy atom. The van der Waals surface area contributed by atoms with Gasteiger partial charge in [-0.05, 0) is 12.0 Å². The van der Waals surface area contributed by atoms with E-state index in [0.29, 0.717) is 5.57 Å². The van der Waals surface area contributed by atoms with Crippen molar-refractivity contribution in [2.45, 2.75) is 13.3 Å². The van der Waals surface area contributed by atoms with Crippen LogP contribution in [0.15, 0.2) is 12.2 Å². The molecule has 0 aliphatic heterocycles. The Hall–Kier alpha value is -0.110. The van der Waals surface area contributed by atoms with Crippen molar-refractivity contribution in [3.05, 3.63) is 12.2 Å². The molecule has 0 radical (unpaired) electrons. The lowest BCUT2D eigenvalue weighted by Gasteiger charge is -2.36. The van der Waals surface area contributed by atoms with Crippen LogP contribution in [0, 0.1) is 0 Å². The molecule has 0 saturated carbocycles. The molecule has 0 fully saturated rings. The van der Waals surface area contributed by atoms with Crippen LogP contribution in [0.1, 0.15) is 13.3 Å². The van der Waals surface area contributed by atoms with Gasteiger partial charge in [0.1, 0.15) is 6.67 Å². The zero-order chi connectivity index (χ0) is 14.0. The molecule has 11 heteroatoms. The summed E-state index contributed by atoms with van der Waals surface area (Å²) in [5.74, 6) is 0. The fourth-order valence-corrected chi connectivity index (χ4v) is 0.0945. The van der Waals surface area contributed by atoms with E-state index in [9.17, 15) is 4.39 Å². The minimum Gasteiger partial charge on any atom is -0.822 e. The van der Waals surface area contributed by atoms with Crippen LogP contribution < -0.4 is 29.4 Å². The van der Waals surface area contributed by atoms with Crippen molar-refractivity contribution in [1.82, 2.24) is 0 Å². The molecule has 0 bridgehead atoms. The number of allylic oxidation sites excluding steroid dienone is 1. The first kappa shape index (κ1) is 21.2. The molecule has 16 heavy (non-hydrogen) atoms. The summed E-state index contributed by atoms with van der Waals surface area (Å²) in [5.41, 5.74) is 0.676. The fraction of sp³-hybridized carbons (Fsp3) is 0.600. The molecule has 0 spiro atoms. The first-order chi connectivity index (χ1) is 6.81. The summed E-state index contributed by atoms with van der Waals surface area (Å²) < 4.78 is 28.4. The average molecular weight is 278 g/mol. The Kier molecular flexibility index (Phi) is 13.3. The van der Waals surface area contributed by atoms with E-state index in [-0.39, 0.29) is 6.67 Å². The summed E-state index contributed by atoms with van der Waals surface area (Å²) in [6, 6.07) is 0. The Morgan fingerprint density at radius 3 is 1.25 bits per heavy atom. The Balaban J connectivity index is -0.000000160. The summed E-state index contributed by atoms with van der Waals surface area (Å²) >= 11 is 0. The molecule has 0 atom stereocenters. The first-order valence-corrected chi connectivity index (χ1v) is 6.42. The maximum atomic E-state index is 11.3. The molecule has 0 aromatic rings. The summed E-state index contributed by atoms with van der Waals surface area (Å²) in [6.45, 7) is 4.94.